The van der Waals surface area contributed by atoms with E-state index in [4.69, 9.17) is 4.74 Å². The smallest absolute Gasteiger partial charge is 0.338 e. The number of Topliss-reactive ketones (excluding diaryl/α,β-unsaturated/α-hetero) is 1. The lowest BCUT2D eigenvalue weighted by atomic mass is 9.99. The molecule has 7 heteroatoms. The zero-order valence-corrected chi connectivity index (χ0v) is 14.9. The van der Waals surface area contributed by atoms with Crippen LogP contribution in [0.5, 0.6) is 5.75 Å². The van der Waals surface area contributed by atoms with Crippen molar-refractivity contribution >= 4 is 17.4 Å². The van der Waals surface area contributed by atoms with Crippen LogP contribution in [0.4, 0.5) is 5.69 Å². The fourth-order valence-electron chi connectivity index (χ4n) is 2.47. The molecule has 0 radical (unpaired) electrons. The molecule has 7 nitrogen and oxygen atoms in total. The fourth-order valence-corrected chi connectivity index (χ4v) is 2.47. The number of aryl methyl sites for hydroxylation is 2. The zero-order chi connectivity index (χ0) is 19.4. The number of esters is 1. The van der Waals surface area contributed by atoms with Crippen molar-refractivity contribution in [2.45, 2.75) is 26.9 Å². The van der Waals surface area contributed by atoms with E-state index in [0.717, 1.165) is 17.2 Å². The van der Waals surface area contributed by atoms with Crippen LogP contribution in [-0.4, -0.2) is 29.9 Å². The maximum absolute atomic E-state index is 12.7. The van der Waals surface area contributed by atoms with Gasteiger partial charge in [0.05, 0.1) is 17.6 Å². The Hall–Kier alpha value is -3.22. The number of hydrogen-bond donors (Lipinski definition) is 0. The summed E-state index contributed by atoms with van der Waals surface area (Å²) in [5, 5.41) is 11.3. The summed E-state index contributed by atoms with van der Waals surface area (Å²) in [5.74, 6) is -1.06. The number of ether oxygens (including phenoxy) is 2. The third kappa shape index (κ3) is 4.05. The summed E-state index contributed by atoms with van der Waals surface area (Å²) in [7, 11) is 1.18. The Kier molecular flexibility index (Phi) is 5.71. The third-order valence-corrected chi connectivity index (χ3v) is 3.91. The highest BCUT2D eigenvalue weighted by atomic mass is 16.6. The predicted octanol–water partition coefficient (Wildman–Crippen LogP) is 3.65. The molecule has 0 aliphatic rings. The van der Waals surface area contributed by atoms with Crippen LogP contribution in [0.25, 0.3) is 0 Å². The van der Waals surface area contributed by atoms with Crippen molar-refractivity contribution < 1.29 is 24.0 Å². The van der Waals surface area contributed by atoms with Gasteiger partial charge in [-0.3, -0.25) is 14.9 Å². The summed E-state index contributed by atoms with van der Waals surface area (Å²) in [6.45, 7) is 5.22. The van der Waals surface area contributed by atoms with Gasteiger partial charge in [-0.25, -0.2) is 4.79 Å². The molecule has 0 aromatic heterocycles. The first-order valence-corrected chi connectivity index (χ1v) is 7.89. The highest BCUT2D eigenvalue weighted by Gasteiger charge is 2.24. The minimum atomic E-state index is -0.932. The zero-order valence-electron chi connectivity index (χ0n) is 14.9. The van der Waals surface area contributed by atoms with Crippen LogP contribution in [0.2, 0.25) is 0 Å². The van der Waals surface area contributed by atoms with Gasteiger partial charge in [0.15, 0.2) is 11.9 Å². The molecule has 0 spiro atoms. The molecule has 0 amide bonds. The van der Waals surface area contributed by atoms with Crippen LogP contribution in [0.15, 0.2) is 36.4 Å². The molecule has 2 aromatic rings. The van der Waals surface area contributed by atoms with Crippen molar-refractivity contribution in [3.05, 3.63) is 68.8 Å². The van der Waals surface area contributed by atoms with E-state index in [1.54, 1.807) is 6.07 Å². The average Bonchev–Trinajstić information content (AvgIpc) is 2.62. The highest BCUT2D eigenvalue weighted by molar-refractivity contribution is 6.01. The van der Waals surface area contributed by atoms with Crippen LogP contribution in [0, 0.1) is 24.0 Å². The molecule has 2 aromatic carbocycles. The first-order chi connectivity index (χ1) is 12.2. The maximum atomic E-state index is 12.7. The lowest BCUT2D eigenvalue weighted by molar-refractivity contribution is -0.386. The van der Waals surface area contributed by atoms with E-state index in [9.17, 15) is 19.7 Å². The Morgan fingerprint density at radius 3 is 2.42 bits per heavy atom. The molecule has 26 heavy (non-hydrogen) atoms. The van der Waals surface area contributed by atoms with Gasteiger partial charge < -0.3 is 9.47 Å². The molecule has 1 atom stereocenters. The van der Waals surface area contributed by atoms with E-state index < -0.39 is 22.7 Å². The number of benzene rings is 2. The molecule has 2 rings (SSSR count). The summed E-state index contributed by atoms with van der Waals surface area (Å²) in [4.78, 5) is 34.8. The van der Waals surface area contributed by atoms with Gasteiger partial charge in [0.2, 0.25) is 5.78 Å². The van der Waals surface area contributed by atoms with E-state index >= 15 is 0 Å². The minimum absolute atomic E-state index is 0.0278. The lowest BCUT2D eigenvalue weighted by Gasteiger charge is -2.15. The molecule has 0 N–H and O–H groups in total. The average molecular weight is 357 g/mol. The van der Waals surface area contributed by atoms with Gasteiger partial charge in [-0.15, -0.1) is 0 Å². The number of ketones is 1. The molecule has 0 aliphatic heterocycles. The van der Waals surface area contributed by atoms with Crippen molar-refractivity contribution in [1.82, 2.24) is 0 Å². The normalized spacial score (nSPS) is 11.5. The highest BCUT2D eigenvalue weighted by Crippen LogP contribution is 2.30. The van der Waals surface area contributed by atoms with Gasteiger partial charge in [-0.1, -0.05) is 17.7 Å². The topological polar surface area (TPSA) is 95.7 Å². The standard InChI is InChI=1S/C19H19NO6/c1-11-5-6-12(2)15(9-11)18(21)13(3)26-17-8-7-14(19(22)25-4)10-16(17)20(23)24/h5-10,13H,1-4H3/t13-/m0/s1. The Morgan fingerprint density at radius 1 is 1.12 bits per heavy atom. The Labute approximate surface area is 150 Å². The summed E-state index contributed by atoms with van der Waals surface area (Å²) in [6, 6.07) is 9.19. The largest absolute Gasteiger partial charge is 0.475 e. The van der Waals surface area contributed by atoms with Crippen LogP contribution in [-0.2, 0) is 4.74 Å². The second-order valence-corrected chi connectivity index (χ2v) is 5.87. The Bertz CT molecular complexity index is 874. The lowest BCUT2D eigenvalue weighted by Crippen LogP contribution is -2.25. The van der Waals surface area contributed by atoms with E-state index in [1.807, 2.05) is 26.0 Å². The molecule has 0 aliphatic carbocycles. The van der Waals surface area contributed by atoms with E-state index in [2.05, 4.69) is 4.74 Å². The van der Waals surface area contributed by atoms with E-state index in [1.165, 1.54) is 26.2 Å². The van der Waals surface area contributed by atoms with Crippen molar-refractivity contribution in [2.24, 2.45) is 0 Å². The van der Waals surface area contributed by atoms with Gasteiger partial charge in [-0.05, 0) is 44.5 Å². The van der Waals surface area contributed by atoms with E-state index in [0.29, 0.717) is 5.56 Å². The number of carbonyl (C=O) groups is 2. The molecule has 0 heterocycles. The SMILES string of the molecule is COC(=O)c1ccc(O[C@@H](C)C(=O)c2cc(C)ccc2C)c([N+](=O)[O-])c1. The number of carbonyl (C=O) groups excluding carboxylic acids is 2. The predicted molar refractivity (Wildman–Crippen MR) is 94.8 cm³/mol. The van der Waals surface area contributed by atoms with E-state index in [-0.39, 0.29) is 17.1 Å². The Balaban J connectivity index is 2.32. The molecule has 0 saturated carbocycles. The van der Waals surface area contributed by atoms with Crippen LogP contribution >= 0.6 is 0 Å². The number of methoxy groups -OCH3 is 1. The molecular weight excluding hydrogens is 338 g/mol. The maximum Gasteiger partial charge on any atom is 0.338 e. The summed E-state index contributed by atoms with van der Waals surface area (Å²) < 4.78 is 10.1. The first-order valence-electron chi connectivity index (χ1n) is 7.89. The molecule has 0 bridgehead atoms. The van der Waals surface area contributed by atoms with Crippen molar-refractivity contribution in [3.8, 4) is 5.75 Å². The monoisotopic (exact) mass is 357 g/mol. The molecule has 0 saturated heterocycles. The first kappa shape index (κ1) is 19.1. The molecule has 0 fully saturated rings. The summed E-state index contributed by atoms with van der Waals surface area (Å²) >= 11 is 0. The van der Waals surface area contributed by atoms with Gasteiger partial charge >= 0.3 is 11.7 Å². The van der Waals surface area contributed by atoms with Crippen molar-refractivity contribution in [1.29, 1.82) is 0 Å². The number of rotatable bonds is 6. The number of hydrogen-bond acceptors (Lipinski definition) is 6. The second-order valence-electron chi connectivity index (χ2n) is 5.87. The second kappa shape index (κ2) is 7.77. The summed E-state index contributed by atoms with van der Waals surface area (Å²) in [5.41, 5.74) is 1.85. The number of nitrogens with zero attached hydrogens (tertiary/aromatic N) is 1. The quantitative estimate of drug-likeness (QED) is 0.339. The van der Waals surface area contributed by atoms with Gasteiger partial charge in [-0.2, -0.15) is 0 Å². The minimum Gasteiger partial charge on any atom is -0.475 e. The van der Waals surface area contributed by atoms with Gasteiger partial charge in [0.25, 0.3) is 0 Å². The number of nitro benzene ring substituents is 1. The fraction of sp³-hybridized carbons (Fsp3) is 0.263. The van der Waals surface area contributed by atoms with Crippen LogP contribution in [0.1, 0.15) is 38.8 Å². The van der Waals surface area contributed by atoms with Gasteiger partial charge in [0.1, 0.15) is 0 Å². The summed E-state index contributed by atoms with van der Waals surface area (Å²) in [6.07, 6.45) is -0.932. The van der Waals surface area contributed by atoms with Crippen LogP contribution < -0.4 is 4.74 Å². The molecule has 0 unspecified atom stereocenters. The van der Waals surface area contributed by atoms with Crippen molar-refractivity contribution in [2.75, 3.05) is 7.11 Å². The number of nitro groups is 1. The third-order valence-electron chi connectivity index (χ3n) is 3.91. The Morgan fingerprint density at radius 2 is 1.81 bits per heavy atom. The van der Waals surface area contributed by atoms with Gasteiger partial charge in [0, 0.05) is 11.6 Å². The van der Waals surface area contributed by atoms with Crippen LogP contribution in [0.3, 0.4) is 0 Å². The van der Waals surface area contributed by atoms with Crippen molar-refractivity contribution in [3.63, 3.8) is 0 Å². The molecular formula is C19H19NO6. The molecule has 136 valence electrons.